The van der Waals surface area contributed by atoms with Gasteiger partial charge < -0.3 is 20.1 Å². The number of ether oxygens (including phenoxy) is 2. The number of rotatable bonds is 7. The van der Waals surface area contributed by atoms with Crippen molar-refractivity contribution in [2.24, 2.45) is 0 Å². The SMILES string of the molecule is COc1cc(OC)cc(C(=O)NCCC(=O)Nc2cc(C)cc(C)c2)c1. The molecule has 0 radical (unpaired) electrons. The number of carbonyl (C=O) groups is 2. The quantitative estimate of drug-likeness (QED) is 0.799. The minimum atomic E-state index is -0.290. The minimum absolute atomic E-state index is 0.154. The summed E-state index contributed by atoms with van der Waals surface area (Å²) in [7, 11) is 3.04. The van der Waals surface area contributed by atoms with Gasteiger partial charge in [0.1, 0.15) is 11.5 Å². The average Bonchev–Trinajstić information content (AvgIpc) is 2.60. The Morgan fingerprint density at radius 1 is 0.885 bits per heavy atom. The molecule has 0 aliphatic carbocycles. The molecule has 0 saturated heterocycles. The van der Waals surface area contributed by atoms with E-state index in [0.717, 1.165) is 16.8 Å². The molecule has 138 valence electrons. The second-order valence-corrected chi connectivity index (χ2v) is 6.03. The predicted octanol–water partition coefficient (Wildman–Crippen LogP) is 3.08. The lowest BCUT2D eigenvalue weighted by Gasteiger charge is -2.10. The van der Waals surface area contributed by atoms with Crippen LogP contribution in [0.15, 0.2) is 36.4 Å². The number of benzene rings is 2. The summed E-state index contributed by atoms with van der Waals surface area (Å²) in [5.74, 6) is 0.615. The van der Waals surface area contributed by atoms with Crippen molar-refractivity contribution in [3.05, 3.63) is 53.1 Å². The third-order valence-corrected chi connectivity index (χ3v) is 3.76. The monoisotopic (exact) mass is 356 g/mol. The first-order valence-corrected chi connectivity index (χ1v) is 8.30. The first-order valence-electron chi connectivity index (χ1n) is 8.30. The van der Waals surface area contributed by atoms with Crippen LogP contribution in [0.3, 0.4) is 0 Å². The van der Waals surface area contributed by atoms with E-state index in [0.29, 0.717) is 17.1 Å². The van der Waals surface area contributed by atoms with Gasteiger partial charge >= 0.3 is 0 Å². The molecule has 0 bridgehead atoms. The molecular weight excluding hydrogens is 332 g/mol. The fourth-order valence-electron chi connectivity index (χ4n) is 2.60. The topological polar surface area (TPSA) is 76.7 Å². The highest BCUT2D eigenvalue weighted by Crippen LogP contribution is 2.22. The van der Waals surface area contributed by atoms with Crippen molar-refractivity contribution in [2.75, 3.05) is 26.1 Å². The number of amides is 2. The average molecular weight is 356 g/mol. The number of nitrogens with one attached hydrogen (secondary N) is 2. The highest BCUT2D eigenvalue weighted by molar-refractivity contribution is 5.96. The number of aryl methyl sites for hydroxylation is 2. The Balaban J connectivity index is 1.88. The van der Waals surface area contributed by atoms with Crippen LogP contribution < -0.4 is 20.1 Å². The number of methoxy groups -OCH3 is 2. The van der Waals surface area contributed by atoms with E-state index in [9.17, 15) is 9.59 Å². The van der Waals surface area contributed by atoms with Crippen LogP contribution >= 0.6 is 0 Å². The maximum Gasteiger partial charge on any atom is 0.251 e. The molecule has 2 aromatic carbocycles. The third-order valence-electron chi connectivity index (χ3n) is 3.76. The van der Waals surface area contributed by atoms with E-state index in [2.05, 4.69) is 10.6 Å². The lowest BCUT2D eigenvalue weighted by Crippen LogP contribution is -2.27. The molecule has 0 aliphatic rings. The number of anilines is 1. The molecule has 26 heavy (non-hydrogen) atoms. The Kier molecular flexibility index (Phi) is 6.60. The van der Waals surface area contributed by atoms with Crippen LogP contribution in [0.4, 0.5) is 5.69 Å². The van der Waals surface area contributed by atoms with Gasteiger partial charge in [-0.2, -0.15) is 0 Å². The molecule has 2 rings (SSSR count). The Morgan fingerprint density at radius 2 is 1.46 bits per heavy atom. The molecular formula is C20H24N2O4. The predicted molar refractivity (Wildman–Crippen MR) is 101 cm³/mol. The van der Waals surface area contributed by atoms with Crippen LogP contribution in [0.5, 0.6) is 11.5 Å². The van der Waals surface area contributed by atoms with E-state index < -0.39 is 0 Å². The summed E-state index contributed by atoms with van der Waals surface area (Å²) in [4.78, 5) is 24.3. The molecule has 0 heterocycles. The number of hydrogen-bond donors (Lipinski definition) is 2. The first-order chi connectivity index (χ1) is 12.4. The molecule has 0 atom stereocenters. The molecule has 0 saturated carbocycles. The van der Waals surface area contributed by atoms with Gasteiger partial charge in [0.15, 0.2) is 0 Å². The Hall–Kier alpha value is -3.02. The molecule has 0 fully saturated rings. The molecule has 0 unspecified atom stereocenters. The van der Waals surface area contributed by atoms with Crippen LogP contribution in [0, 0.1) is 13.8 Å². The summed E-state index contributed by atoms with van der Waals surface area (Å²) in [6.45, 7) is 4.19. The van der Waals surface area contributed by atoms with Crippen LogP contribution in [-0.2, 0) is 4.79 Å². The summed E-state index contributed by atoms with van der Waals surface area (Å²) in [5.41, 5.74) is 3.34. The molecule has 2 N–H and O–H groups in total. The van der Waals surface area contributed by atoms with Crippen molar-refractivity contribution in [2.45, 2.75) is 20.3 Å². The molecule has 0 spiro atoms. The van der Waals surface area contributed by atoms with Crippen molar-refractivity contribution in [1.29, 1.82) is 0 Å². The van der Waals surface area contributed by atoms with Gasteiger partial charge in [-0.15, -0.1) is 0 Å². The lowest BCUT2D eigenvalue weighted by atomic mass is 10.1. The van der Waals surface area contributed by atoms with Gasteiger partial charge in [-0.05, 0) is 49.2 Å². The van der Waals surface area contributed by atoms with E-state index in [-0.39, 0.29) is 24.8 Å². The smallest absolute Gasteiger partial charge is 0.251 e. The maximum atomic E-state index is 12.3. The summed E-state index contributed by atoms with van der Waals surface area (Å²) in [6, 6.07) is 10.8. The zero-order valence-electron chi connectivity index (χ0n) is 15.5. The van der Waals surface area contributed by atoms with Gasteiger partial charge in [-0.1, -0.05) is 6.07 Å². The van der Waals surface area contributed by atoms with Crippen LogP contribution in [0.2, 0.25) is 0 Å². The highest BCUT2D eigenvalue weighted by atomic mass is 16.5. The maximum absolute atomic E-state index is 12.3. The van der Waals surface area contributed by atoms with Crippen LogP contribution in [-0.4, -0.2) is 32.6 Å². The molecule has 6 nitrogen and oxygen atoms in total. The van der Waals surface area contributed by atoms with E-state index in [1.807, 2.05) is 32.0 Å². The van der Waals surface area contributed by atoms with E-state index in [1.165, 1.54) is 14.2 Å². The van der Waals surface area contributed by atoms with Crippen molar-refractivity contribution in [3.8, 4) is 11.5 Å². The first kappa shape index (κ1) is 19.3. The Morgan fingerprint density at radius 3 is 2.00 bits per heavy atom. The van der Waals surface area contributed by atoms with Crippen LogP contribution in [0.25, 0.3) is 0 Å². The molecule has 0 aromatic heterocycles. The summed E-state index contributed by atoms with van der Waals surface area (Å²) < 4.78 is 10.3. The Bertz CT molecular complexity index is 760. The zero-order chi connectivity index (χ0) is 19.1. The minimum Gasteiger partial charge on any atom is -0.497 e. The molecule has 2 amide bonds. The van der Waals surface area contributed by atoms with Gasteiger partial charge in [0.05, 0.1) is 14.2 Å². The van der Waals surface area contributed by atoms with Gasteiger partial charge in [0.2, 0.25) is 5.91 Å². The largest absolute Gasteiger partial charge is 0.497 e. The van der Waals surface area contributed by atoms with E-state index in [4.69, 9.17) is 9.47 Å². The molecule has 0 aliphatic heterocycles. The normalized spacial score (nSPS) is 10.2. The summed E-state index contributed by atoms with van der Waals surface area (Å²) >= 11 is 0. The standard InChI is InChI=1S/C20H24N2O4/c1-13-7-14(2)9-16(8-13)22-19(23)5-6-21-20(24)15-10-17(25-3)12-18(11-15)26-4/h7-12H,5-6H2,1-4H3,(H,21,24)(H,22,23). The molecule has 2 aromatic rings. The number of hydrogen-bond acceptors (Lipinski definition) is 4. The van der Waals surface area contributed by atoms with Gasteiger partial charge in [-0.3, -0.25) is 9.59 Å². The molecule has 6 heteroatoms. The fraction of sp³-hybridized carbons (Fsp3) is 0.300. The van der Waals surface area contributed by atoms with Crippen LogP contribution in [0.1, 0.15) is 27.9 Å². The summed E-state index contributed by atoms with van der Waals surface area (Å²) in [5, 5.41) is 5.57. The number of carbonyl (C=O) groups excluding carboxylic acids is 2. The van der Waals surface area contributed by atoms with Crippen molar-refractivity contribution in [3.63, 3.8) is 0 Å². The summed E-state index contributed by atoms with van der Waals surface area (Å²) in [6.07, 6.45) is 0.180. The van der Waals surface area contributed by atoms with Gasteiger partial charge in [0, 0.05) is 30.3 Å². The lowest BCUT2D eigenvalue weighted by molar-refractivity contribution is -0.116. The van der Waals surface area contributed by atoms with E-state index in [1.54, 1.807) is 18.2 Å². The fourth-order valence-corrected chi connectivity index (χ4v) is 2.60. The Labute approximate surface area is 153 Å². The highest BCUT2D eigenvalue weighted by Gasteiger charge is 2.10. The zero-order valence-corrected chi connectivity index (χ0v) is 15.5. The third kappa shape index (κ3) is 5.51. The van der Waals surface area contributed by atoms with E-state index >= 15 is 0 Å². The van der Waals surface area contributed by atoms with Crippen molar-refractivity contribution in [1.82, 2.24) is 5.32 Å². The second-order valence-electron chi connectivity index (χ2n) is 6.03. The van der Waals surface area contributed by atoms with Gasteiger partial charge in [-0.25, -0.2) is 0 Å². The van der Waals surface area contributed by atoms with Crippen molar-refractivity contribution < 1.29 is 19.1 Å². The van der Waals surface area contributed by atoms with Crippen molar-refractivity contribution >= 4 is 17.5 Å². The second kappa shape index (κ2) is 8.89. The van der Waals surface area contributed by atoms with Gasteiger partial charge in [0.25, 0.3) is 5.91 Å².